The predicted molar refractivity (Wildman–Crippen MR) is 102 cm³/mol. The van der Waals surface area contributed by atoms with Crippen molar-refractivity contribution in [2.75, 3.05) is 14.2 Å². The van der Waals surface area contributed by atoms with Crippen molar-refractivity contribution in [2.45, 2.75) is 6.92 Å². The Labute approximate surface area is 155 Å². The van der Waals surface area contributed by atoms with Gasteiger partial charge in [-0.15, -0.1) is 0 Å². The molecule has 0 saturated carbocycles. The molecule has 0 amide bonds. The van der Waals surface area contributed by atoms with Gasteiger partial charge in [-0.3, -0.25) is 0 Å². The summed E-state index contributed by atoms with van der Waals surface area (Å²) in [5, 5.41) is 21.4. The van der Waals surface area contributed by atoms with Gasteiger partial charge in [0.05, 0.1) is 20.4 Å². The van der Waals surface area contributed by atoms with Crippen LogP contribution in [0.5, 0.6) is 17.2 Å². The summed E-state index contributed by atoms with van der Waals surface area (Å²) < 4.78 is 12.2. The first-order chi connectivity index (χ1) is 12.5. The fraction of sp³-hybridized carbons (Fsp3) is 0.167. The van der Waals surface area contributed by atoms with E-state index in [1.54, 1.807) is 18.3 Å². The molecule has 0 spiro atoms. The van der Waals surface area contributed by atoms with E-state index in [1.807, 2.05) is 31.2 Å². The lowest BCUT2D eigenvalue weighted by molar-refractivity contribution is 0.340. The zero-order valence-corrected chi connectivity index (χ0v) is 15.4. The number of methoxy groups -OCH3 is 2. The second-order valence-electron chi connectivity index (χ2n) is 5.55. The Kier molecular flexibility index (Phi) is 5.04. The van der Waals surface area contributed by atoms with E-state index < -0.39 is 0 Å². The molecule has 0 saturated heterocycles. The fourth-order valence-electron chi connectivity index (χ4n) is 2.40. The van der Waals surface area contributed by atoms with Gasteiger partial charge in [0.1, 0.15) is 0 Å². The number of aromatic nitrogens is 3. The van der Waals surface area contributed by atoms with Crippen LogP contribution in [0, 0.1) is 11.7 Å². The fourth-order valence-corrected chi connectivity index (χ4v) is 2.58. The molecule has 0 aliphatic carbocycles. The van der Waals surface area contributed by atoms with Gasteiger partial charge < -0.3 is 14.6 Å². The van der Waals surface area contributed by atoms with Gasteiger partial charge in [0.25, 0.3) is 0 Å². The number of nitrogens with zero attached hydrogens (tertiary/aromatic N) is 3. The molecular weight excluding hydrogens is 352 g/mol. The molecule has 0 radical (unpaired) electrons. The molecule has 1 aromatic heterocycles. The average Bonchev–Trinajstić information content (AvgIpc) is 3.02. The summed E-state index contributed by atoms with van der Waals surface area (Å²) in [5.74, 6) is 1.12. The molecular formula is C18H18N4O3S. The molecule has 2 aromatic carbocycles. The molecule has 1 heterocycles. The van der Waals surface area contributed by atoms with Crippen LogP contribution >= 0.6 is 12.2 Å². The van der Waals surface area contributed by atoms with Crippen molar-refractivity contribution in [1.82, 2.24) is 14.9 Å². The lowest BCUT2D eigenvalue weighted by atomic mass is 10.1. The topological polar surface area (TPSA) is 84.7 Å². The van der Waals surface area contributed by atoms with Crippen molar-refractivity contribution in [3.05, 3.63) is 52.3 Å². The third-order valence-corrected chi connectivity index (χ3v) is 4.05. The second kappa shape index (κ2) is 7.40. The summed E-state index contributed by atoms with van der Waals surface area (Å²) in [5.41, 5.74) is 2.72. The average molecular weight is 370 g/mol. The van der Waals surface area contributed by atoms with Crippen LogP contribution in [-0.2, 0) is 0 Å². The van der Waals surface area contributed by atoms with E-state index >= 15 is 0 Å². The molecule has 0 bridgehead atoms. The molecule has 26 heavy (non-hydrogen) atoms. The first-order valence-electron chi connectivity index (χ1n) is 7.77. The van der Waals surface area contributed by atoms with Crippen LogP contribution in [0.4, 0.5) is 0 Å². The van der Waals surface area contributed by atoms with Gasteiger partial charge in [0.15, 0.2) is 17.3 Å². The van der Waals surface area contributed by atoms with E-state index in [1.165, 1.54) is 18.9 Å². The number of rotatable bonds is 5. The summed E-state index contributed by atoms with van der Waals surface area (Å²) in [6, 6.07) is 11.2. The standard InChI is InChI=1S/C18H18N4O3S/c1-11-4-6-13(7-5-11)17-20-21-18(26)22(17)19-10-12-8-14(24-2)16(23)15(9-12)25-3/h4-10,23H,1-3H3,(H,21,26)/b19-10+. The summed E-state index contributed by atoms with van der Waals surface area (Å²) in [7, 11) is 2.94. The minimum atomic E-state index is -0.0626. The molecule has 2 N–H and O–H groups in total. The van der Waals surface area contributed by atoms with Gasteiger partial charge in [-0.25, -0.2) is 5.10 Å². The van der Waals surface area contributed by atoms with Crippen LogP contribution < -0.4 is 9.47 Å². The molecule has 7 nitrogen and oxygen atoms in total. The molecule has 0 unspecified atom stereocenters. The smallest absolute Gasteiger partial charge is 0.216 e. The first-order valence-corrected chi connectivity index (χ1v) is 8.18. The van der Waals surface area contributed by atoms with Gasteiger partial charge in [-0.05, 0) is 31.3 Å². The normalized spacial score (nSPS) is 11.0. The Morgan fingerprint density at radius 2 is 1.77 bits per heavy atom. The molecule has 0 atom stereocenters. The highest BCUT2D eigenvalue weighted by molar-refractivity contribution is 7.71. The summed E-state index contributed by atoms with van der Waals surface area (Å²) in [6.07, 6.45) is 1.59. The number of aryl methyl sites for hydroxylation is 1. The van der Waals surface area contributed by atoms with E-state index in [0.29, 0.717) is 27.7 Å². The minimum Gasteiger partial charge on any atom is -0.502 e. The third kappa shape index (κ3) is 3.45. The Morgan fingerprint density at radius 3 is 2.35 bits per heavy atom. The zero-order valence-electron chi connectivity index (χ0n) is 14.6. The van der Waals surface area contributed by atoms with Gasteiger partial charge in [0, 0.05) is 11.1 Å². The van der Waals surface area contributed by atoms with E-state index in [-0.39, 0.29) is 5.75 Å². The van der Waals surface area contributed by atoms with Crippen LogP contribution in [-0.4, -0.2) is 40.4 Å². The zero-order chi connectivity index (χ0) is 18.7. The number of H-pyrrole nitrogens is 1. The van der Waals surface area contributed by atoms with Crippen LogP contribution in [0.2, 0.25) is 0 Å². The molecule has 0 fully saturated rings. The molecule has 8 heteroatoms. The first kappa shape index (κ1) is 17.7. The van der Waals surface area contributed by atoms with Gasteiger partial charge in [0.2, 0.25) is 10.5 Å². The Morgan fingerprint density at radius 1 is 1.15 bits per heavy atom. The van der Waals surface area contributed by atoms with Gasteiger partial charge in [-0.1, -0.05) is 29.8 Å². The van der Waals surface area contributed by atoms with Crippen LogP contribution in [0.15, 0.2) is 41.5 Å². The number of phenolic OH excluding ortho intramolecular Hbond substituents is 1. The number of benzene rings is 2. The highest BCUT2D eigenvalue weighted by Gasteiger charge is 2.11. The summed E-state index contributed by atoms with van der Waals surface area (Å²) in [6.45, 7) is 2.02. The number of ether oxygens (including phenoxy) is 2. The monoisotopic (exact) mass is 370 g/mol. The van der Waals surface area contributed by atoms with E-state index in [2.05, 4.69) is 15.3 Å². The van der Waals surface area contributed by atoms with Crippen LogP contribution in [0.3, 0.4) is 0 Å². The predicted octanol–water partition coefficient (Wildman–Crippen LogP) is 3.52. The van der Waals surface area contributed by atoms with E-state index in [4.69, 9.17) is 21.7 Å². The largest absolute Gasteiger partial charge is 0.502 e. The van der Waals surface area contributed by atoms with Crippen molar-refractivity contribution in [3.8, 4) is 28.6 Å². The number of nitrogens with one attached hydrogen (secondary N) is 1. The van der Waals surface area contributed by atoms with Crippen molar-refractivity contribution in [2.24, 2.45) is 5.10 Å². The Balaban J connectivity index is 2.01. The van der Waals surface area contributed by atoms with Gasteiger partial charge in [-0.2, -0.15) is 14.9 Å². The maximum atomic E-state index is 9.99. The van der Waals surface area contributed by atoms with E-state index in [9.17, 15) is 5.11 Å². The SMILES string of the molecule is COc1cc(/C=N/n2c(-c3ccc(C)cc3)n[nH]c2=S)cc(OC)c1O. The number of aromatic amines is 1. The Hall–Kier alpha value is -3.13. The van der Waals surface area contributed by atoms with E-state index in [0.717, 1.165) is 11.1 Å². The molecule has 0 aliphatic rings. The van der Waals surface area contributed by atoms with Crippen LogP contribution in [0.25, 0.3) is 11.4 Å². The highest BCUT2D eigenvalue weighted by atomic mass is 32.1. The maximum Gasteiger partial charge on any atom is 0.216 e. The quantitative estimate of drug-likeness (QED) is 0.530. The number of aromatic hydroxyl groups is 1. The van der Waals surface area contributed by atoms with Gasteiger partial charge >= 0.3 is 0 Å². The number of hydrogen-bond acceptors (Lipinski definition) is 6. The van der Waals surface area contributed by atoms with Crippen LogP contribution in [0.1, 0.15) is 11.1 Å². The molecule has 3 rings (SSSR count). The van der Waals surface area contributed by atoms with Crippen molar-refractivity contribution < 1.29 is 14.6 Å². The minimum absolute atomic E-state index is 0.0626. The lowest BCUT2D eigenvalue weighted by Crippen LogP contribution is -1.96. The van der Waals surface area contributed by atoms with Crippen molar-refractivity contribution in [3.63, 3.8) is 0 Å². The third-order valence-electron chi connectivity index (χ3n) is 3.78. The number of hydrogen-bond donors (Lipinski definition) is 2. The second-order valence-corrected chi connectivity index (χ2v) is 5.94. The van der Waals surface area contributed by atoms with Crippen molar-refractivity contribution in [1.29, 1.82) is 0 Å². The molecule has 3 aromatic rings. The number of phenols is 1. The molecule has 134 valence electrons. The summed E-state index contributed by atoms with van der Waals surface area (Å²) >= 11 is 5.27. The maximum absolute atomic E-state index is 9.99. The Bertz CT molecular complexity index is 981. The molecule has 0 aliphatic heterocycles. The highest BCUT2D eigenvalue weighted by Crippen LogP contribution is 2.36. The lowest BCUT2D eigenvalue weighted by Gasteiger charge is -2.09. The summed E-state index contributed by atoms with van der Waals surface area (Å²) in [4.78, 5) is 0. The van der Waals surface area contributed by atoms with Crippen molar-refractivity contribution >= 4 is 18.4 Å².